The Balaban J connectivity index is 1.45. The normalized spacial score (nSPS) is 14.3. The molecule has 1 aromatic heterocycles. The third-order valence-corrected chi connectivity index (χ3v) is 7.16. The number of hydrogen-bond donors (Lipinski definition) is 1. The highest BCUT2D eigenvalue weighted by Gasteiger charge is 2.34. The van der Waals surface area contributed by atoms with Gasteiger partial charge in [-0.2, -0.15) is 0 Å². The summed E-state index contributed by atoms with van der Waals surface area (Å²) >= 11 is 2.72. The van der Waals surface area contributed by atoms with E-state index in [0.717, 1.165) is 24.0 Å². The fourth-order valence-corrected chi connectivity index (χ4v) is 5.45. The summed E-state index contributed by atoms with van der Waals surface area (Å²) < 4.78 is 0.681. The van der Waals surface area contributed by atoms with Gasteiger partial charge in [-0.1, -0.05) is 83.8 Å². The molecule has 1 heterocycles. The summed E-state index contributed by atoms with van der Waals surface area (Å²) in [5.41, 5.74) is 2.05. The molecule has 3 aromatic rings. The maximum absolute atomic E-state index is 13.0. The van der Waals surface area contributed by atoms with Gasteiger partial charge in [0, 0.05) is 13.0 Å². The van der Waals surface area contributed by atoms with Crippen molar-refractivity contribution in [2.75, 3.05) is 4.90 Å². The van der Waals surface area contributed by atoms with E-state index in [1.165, 1.54) is 23.1 Å². The Labute approximate surface area is 190 Å². The average molecular weight is 453 g/mol. The molecule has 1 saturated carbocycles. The van der Waals surface area contributed by atoms with Crippen molar-refractivity contribution in [3.8, 4) is 0 Å². The van der Waals surface area contributed by atoms with E-state index in [9.17, 15) is 9.59 Å². The molecule has 1 fully saturated rings. The van der Waals surface area contributed by atoms with Gasteiger partial charge >= 0.3 is 0 Å². The second kappa shape index (κ2) is 9.62. The monoisotopic (exact) mass is 452 g/mol. The van der Waals surface area contributed by atoms with E-state index in [-0.39, 0.29) is 29.1 Å². The van der Waals surface area contributed by atoms with Crippen LogP contribution in [-0.2, 0) is 9.59 Å². The van der Waals surface area contributed by atoms with Crippen molar-refractivity contribution < 1.29 is 9.59 Å². The van der Waals surface area contributed by atoms with E-state index in [4.69, 9.17) is 0 Å². The van der Waals surface area contributed by atoms with Crippen molar-refractivity contribution in [2.45, 2.75) is 48.4 Å². The summed E-state index contributed by atoms with van der Waals surface area (Å²) in [6, 6.07) is 19.9. The number of aromatic nitrogens is 2. The molecule has 6 nitrogen and oxygen atoms in total. The van der Waals surface area contributed by atoms with E-state index in [1.807, 2.05) is 67.6 Å². The van der Waals surface area contributed by atoms with Crippen molar-refractivity contribution in [3.05, 3.63) is 71.8 Å². The van der Waals surface area contributed by atoms with Crippen molar-refractivity contribution >= 4 is 40.0 Å². The third-order valence-electron chi connectivity index (χ3n) is 5.05. The summed E-state index contributed by atoms with van der Waals surface area (Å²) in [6.07, 6.45) is 2.00. The quantitative estimate of drug-likeness (QED) is 0.404. The number of anilines is 1. The molecule has 4 rings (SSSR count). The fraction of sp³-hybridized carbons (Fsp3) is 0.304. The van der Waals surface area contributed by atoms with Crippen molar-refractivity contribution in [1.29, 1.82) is 0 Å². The van der Waals surface area contributed by atoms with Crippen LogP contribution in [0.25, 0.3) is 0 Å². The lowest BCUT2D eigenvalue weighted by Crippen LogP contribution is -2.34. The Morgan fingerprint density at radius 3 is 2.13 bits per heavy atom. The van der Waals surface area contributed by atoms with E-state index < -0.39 is 0 Å². The van der Waals surface area contributed by atoms with Crippen LogP contribution < -0.4 is 10.2 Å². The molecule has 0 radical (unpaired) electrons. The largest absolute Gasteiger partial charge is 0.344 e. The van der Waals surface area contributed by atoms with Crippen molar-refractivity contribution in [2.24, 2.45) is 0 Å². The van der Waals surface area contributed by atoms with E-state index in [2.05, 4.69) is 15.5 Å². The minimum absolute atomic E-state index is 0.0189. The topological polar surface area (TPSA) is 75.2 Å². The number of amides is 2. The summed E-state index contributed by atoms with van der Waals surface area (Å²) in [6.45, 7) is 3.41. The number of benzene rings is 2. The first-order chi connectivity index (χ1) is 15.0. The van der Waals surface area contributed by atoms with E-state index >= 15 is 0 Å². The molecule has 0 aliphatic heterocycles. The lowest BCUT2D eigenvalue weighted by Gasteiger charge is -2.21. The summed E-state index contributed by atoms with van der Waals surface area (Å²) in [4.78, 5) is 26.7. The first-order valence-electron chi connectivity index (χ1n) is 10.2. The predicted molar refractivity (Wildman–Crippen MR) is 124 cm³/mol. The highest BCUT2D eigenvalue weighted by atomic mass is 32.2. The predicted octanol–water partition coefficient (Wildman–Crippen LogP) is 4.44. The van der Waals surface area contributed by atoms with Gasteiger partial charge in [-0.25, -0.2) is 0 Å². The first kappa shape index (κ1) is 21.5. The molecule has 8 heteroatoms. The van der Waals surface area contributed by atoms with Crippen LogP contribution in [0.5, 0.6) is 0 Å². The molecule has 2 amide bonds. The molecular weight excluding hydrogens is 428 g/mol. The van der Waals surface area contributed by atoms with Crippen molar-refractivity contribution in [1.82, 2.24) is 15.5 Å². The van der Waals surface area contributed by atoms with Crippen LogP contribution in [-0.4, -0.2) is 33.3 Å². The molecule has 1 N–H and O–H groups in total. The fourth-order valence-electron chi connectivity index (χ4n) is 3.34. The molecule has 1 unspecified atom stereocenters. The minimum Gasteiger partial charge on any atom is -0.344 e. The number of thioether (sulfide) groups is 1. The minimum atomic E-state index is -0.359. The number of carbonyl (C=O) groups is 2. The third kappa shape index (κ3) is 5.32. The molecule has 0 saturated heterocycles. The lowest BCUT2D eigenvalue weighted by atomic mass is 9.98. The number of nitrogens with one attached hydrogen (secondary N) is 1. The maximum Gasteiger partial charge on any atom is 0.234 e. The SMILES string of the molecule is CC(=O)N(c1nnc(SC(C)C(=O)NC(c2ccccc2)c2ccccc2)s1)C1CC1. The van der Waals surface area contributed by atoms with Crippen LogP contribution in [0.3, 0.4) is 0 Å². The van der Waals surface area contributed by atoms with Crippen LogP contribution in [0.2, 0.25) is 0 Å². The number of rotatable bonds is 8. The van der Waals surface area contributed by atoms with Crippen LogP contribution in [0, 0.1) is 0 Å². The molecule has 2 aromatic carbocycles. The van der Waals surface area contributed by atoms with Crippen LogP contribution in [0.1, 0.15) is 43.9 Å². The van der Waals surface area contributed by atoms with Gasteiger partial charge in [0.05, 0.1) is 11.3 Å². The summed E-state index contributed by atoms with van der Waals surface area (Å²) in [5.74, 6) is -0.0976. The van der Waals surface area contributed by atoms with Gasteiger partial charge in [0.1, 0.15) is 0 Å². The first-order valence-corrected chi connectivity index (χ1v) is 11.9. The average Bonchev–Trinajstić information content (AvgIpc) is 3.51. The van der Waals surface area contributed by atoms with Crippen LogP contribution in [0.4, 0.5) is 5.13 Å². The molecule has 160 valence electrons. The lowest BCUT2D eigenvalue weighted by molar-refractivity contribution is -0.120. The number of hydrogen-bond acceptors (Lipinski definition) is 6. The van der Waals surface area contributed by atoms with Gasteiger partial charge in [-0.05, 0) is 30.9 Å². The second-order valence-electron chi connectivity index (χ2n) is 7.49. The Morgan fingerprint density at radius 1 is 1.03 bits per heavy atom. The molecule has 0 bridgehead atoms. The zero-order valence-electron chi connectivity index (χ0n) is 17.4. The van der Waals surface area contributed by atoms with Gasteiger partial charge in [0.2, 0.25) is 16.9 Å². The molecule has 1 aliphatic rings. The molecule has 31 heavy (non-hydrogen) atoms. The van der Waals surface area contributed by atoms with E-state index in [1.54, 1.807) is 11.8 Å². The highest BCUT2D eigenvalue weighted by molar-refractivity contribution is 8.02. The van der Waals surface area contributed by atoms with Gasteiger partial charge < -0.3 is 5.32 Å². The zero-order valence-corrected chi connectivity index (χ0v) is 19.0. The highest BCUT2D eigenvalue weighted by Crippen LogP contribution is 2.37. The Bertz CT molecular complexity index is 998. The zero-order chi connectivity index (χ0) is 21.8. The Morgan fingerprint density at radius 2 is 1.61 bits per heavy atom. The molecule has 0 spiro atoms. The Hall–Kier alpha value is -2.71. The van der Waals surface area contributed by atoms with Crippen molar-refractivity contribution in [3.63, 3.8) is 0 Å². The molecular formula is C23H24N4O2S2. The summed E-state index contributed by atoms with van der Waals surface area (Å²) in [5, 5.41) is 11.8. The van der Waals surface area contributed by atoms with E-state index in [0.29, 0.717) is 9.47 Å². The standard InChI is InChI=1S/C23H24N4O2S2/c1-15(30-23-26-25-22(31-23)27(16(2)28)19-13-14-19)21(29)24-20(17-9-5-3-6-10-17)18-11-7-4-8-12-18/h3-12,15,19-20H,13-14H2,1-2H3,(H,24,29). The van der Waals surface area contributed by atoms with Crippen LogP contribution >= 0.6 is 23.1 Å². The van der Waals surface area contributed by atoms with Gasteiger partial charge in [0.15, 0.2) is 4.34 Å². The number of nitrogens with zero attached hydrogens (tertiary/aromatic N) is 3. The van der Waals surface area contributed by atoms with Gasteiger partial charge in [-0.3, -0.25) is 14.5 Å². The molecule has 1 aliphatic carbocycles. The summed E-state index contributed by atoms with van der Waals surface area (Å²) in [7, 11) is 0. The smallest absolute Gasteiger partial charge is 0.234 e. The maximum atomic E-state index is 13.0. The molecule has 1 atom stereocenters. The van der Waals surface area contributed by atoms with Crippen LogP contribution in [0.15, 0.2) is 65.0 Å². The number of carbonyl (C=O) groups excluding carboxylic acids is 2. The van der Waals surface area contributed by atoms with Gasteiger partial charge in [-0.15, -0.1) is 10.2 Å². The second-order valence-corrected chi connectivity index (χ2v) is 10.0. The Kier molecular flexibility index (Phi) is 6.67. The van der Waals surface area contributed by atoms with Gasteiger partial charge in [0.25, 0.3) is 0 Å².